The van der Waals surface area contributed by atoms with Crippen molar-refractivity contribution in [2.24, 2.45) is 11.5 Å². The SMILES string of the molecule is CC1=CC(c2cccc(C)c2)C=C(S(=O)(=O)O)C1(N)N. The van der Waals surface area contributed by atoms with Crippen LogP contribution in [0.2, 0.25) is 0 Å². The third-order valence-corrected chi connectivity index (χ3v) is 4.56. The predicted octanol–water partition coefficient (Wildman–Crippen LogP) is 1.42. The summed E-state index contributed by atoms with van der Waals surface area (Å²) < 4.78 is 32.3. The Morgan fingerprint density at radius 3 is 2.40 bits per heavy atom. The second-order valence-electron chi connectivity index (χ2n) is 5.16. The van der Waals surface area contributed by atoms with Crippen molar-refractivity contribution in [3.05, 3.63) is 58.0 Å². The van der Waals surface area contributed by atoms with Crippen LogP contribution < -0.4 is 11.5 Å². The maximum atomic E-state index is 11.5. The Morgan fingerprint density at radius 1 is 1.20 bits per heavy atom. The topological polar surface area (TPSA) is 106 Å². The van der Waals surface area contributed by atoms with E-state index in [-0.39, 0.29) is 10.8 Å². The zero-order valence-electron chi connectivity index (χ0n) is 11.4. The molecular weight excluding hydrogens is 276 g/mol. The van der Waals surface area contributed by atoms with E-state index >= 15 is 0 Å². The fourth-order valence-electron chi connectivity index (χ4n) is 2.32. The van der Waals surface area contributed by atoms with Crippen molar-refractivity contribution in [2.75, 3.05) is 0 Å². The number of nitrogens with two attached hydrogens (primary N) is 2. The number of benzene rings is 1. The van der Waals surface area contributed by atoms with Crippen LogP contribution in [0.15, 0.2) is 46.9 Å². The van der Waals surface area contributed by atoms with Crippen LogP contribution in [0.25, 0.3) is 0 Å². The van der Waals surface area contributed by atoms with Crippen LogP contribution in [-0.4, -0.2) is 18.6 Å². The van der Waals surface area contributed by atoms with Crippen LogP contribution in [0.3, 0.4) is 0 Å². The van der Waals surface area contributed by atoms with Crippen LogP contribution in [0.4, 0.5) is 0 Å². The Labute approximate surface area is 118 Å². The third kappa shape index (κ3) is 2.69. The van der Waals surface area contributed by atoms with Gasteiger partial charge in [0.05, 0.1) is 0 Å². The first-order valence-corrected chi connectivity index (χ1v) is 7.59. The lowest BCUT2D eigenvalue weighted by Gasteiger charge is -2.32. The molecule has 0 aromatic heterocycles. The zero-order valence-corrected chi connectivity index (χ0v) is 12.2. The average molecular weight is 294 g/mol. The van der Waals surface area contributed by atoms with Crippen molar-refractivity contribution >= 4 is 10.1 Å². The van der Waals surface area contributed by atoms with E-state index in [0.29, 0.717) is 5.57 Å². The van der Waals surface area contributed by atoms with Gasteiger partial charge in [0, 0.05) is 5.92 Å². The summed E-state index contributed by atoms with van der Waals surface area (Å²) in [6.45, 7) is 3.60. The molecule has 0 amide bonds. The van der Waals surface area contributed by atoms with Gasteiger partial charge in [-0.2, -0.15) is 8.42 Å². The molecule has 0 radical (unpaired) electrons. The van der Waals surface area contributed by atoms with Crippen LogP contribution >= 0.6 is 0 Å². The summed E-state index contributed by atoms with van der Waals surface area (Å²) in [5.41, 5.74) is 12.5. The molecule has 0 bridgehead atoms. The van der Waals surface area contributed by atoms with Gasteiger partial charge in [0.2, 0.25) is 0 Å². The van der Waals surface area contributed by atoms with E-state index in [1.165, 1.54) is 6.08 Å². The van der Waals surface area contributed by atoms with Gasteiger partial charge >= 0.3 is 0 Å². The summed E-state index contributed by atoms with van der Waals surface area (Å²) in [6, 6.07) is 7.68. The van der Waals surface area contributed by atoms with Gasteiger partial charge in [0.1, 0.15) is 10.6 Å². The Hall–Kier alpha value is -1.47. The van der Waals surface area contributed by atoms with Crippen molar-refractivity contribution in [1.82, 2.24) is 0 Å². The molecule has 1 atom stereocenters. The van der Waals surface area contributed by atoms with E-state index < -0.39 is 15.8 Å². The fraction of sp³-hybridized carbons (Fsp3) is 0.286. The monoisotopic (exact) mass is 294 g/mol. The lowest BCUT2D eigenvalue weighted by molar-refractivity contribution is 0.476. The molecule has 1 aromatic carbocycles. The molecule has 6 heteroatoms. The largest absolute Gasteiger partial charge is 0.305 e. The van der Waals surface area contributed by atoms with Crippen LogP contribution in [-0.2, 0) is 10.1 Å². The highest BCUT2D eigenvalue weighted by molar-refractivity contribution is 7.89. The third-order valence-electron chi connectivity index (χ3n) is 3.53. The summed E-state index contributed by atoms with van der Waals surface area (Å²) in [4.78, 5) is -0.364. The lowest BCUT2D eigenvalue weighted by Crippen LogP contribution is -2.55. The highest BCUT2D eigenvalue weighted by Gasteiger charge is 2.38. The summed E-state index contributed by atoms with van der Waals surface area (Å²) in [7, 11) is -4.45. The normalized spacial score (nSPS) is 22.1. The molecule has 1 unspecified atom stereocenters. The first-order valence-electron chi connectivity index (χ1n) is 6.15. The fourth-order valence-corrected chi connectivity index (χ4v) is 3.23. The number of hydrogen-bond donors (Lipinski definition) is 3. The summed E-state index contributed by atoms with van der Waals surface area (Å²) in [6.07, 6.45) is 3.21. The summed E-state index contributed by atoms with van der Waals surface area (Å²) in [5, 5.41) is 0. The van der Waals surface area contributed by atoms with E-state index in [1.54, 1.807) is 6.92 Å². The Kier molecular flexibility index (Phi) is 3.60. The molecule has 0 fully saturated rings. The number of rotatable bonds is 2. The molecule has 20 heavy (non-hydrogen) atoms. The molecule has 2 rings (SSSR count). The Bertz CT molecular complexity index is 703. The van der Waals surface area contributed by atoms with E-state index in [0.717, 1.165) is 11.1 Å². The molecule has 0 spiro atoms. The van der Waals surface area contributed by atoms with Gasteiger partial charge in [0.15, 0.2) is 0 Å². The van der Waals surface area contributed by atoms with E-state index in [2.05, 4.69) is 0 Å². The molecule has 0 heterocycles. The molecule has 0 aliphatic heterocycles. The summed E-state index contributed by atoms with van der Waals surface area (Å²) in [5.74, 6) is -0.285. The van der Waals surface area contributed by atoms with Gasteiger partial charge in [0.25, 0.3) is 10.1 Å². The van der Waals surface area contributed by atoms with Crippen molar-refractivity contribution in [2.45, 2.75) is 25.4 Å². The van der Waals surface area contributed by atoms with Crippen molar-refractivity contribution in [1.29, 1.82) is 0 Å². The standard InChI is InChI=1S/C14H18N2O3S/c1-9-4-3-5-11(6-9)12-7-10(2)14(15,16)13(8-12)20(17,18)19/h3-8,12H,15-16H2,1-2H3,(H,17,18,19). The van der Waals surface area contributed by atoms with Gasteiger partial charge in [-0.3, -0.25) is 4.55 Å². The molecule has 0 saturated heterocycles. The quantitative estimate of drug-likeness (QED) is 0.434. The van der Waals surface area contributed by atoms with Gasteiger partial charge in [-0.25, -0.2) is 0 Å². The minimum absolute atomic E-state index is 0.285. The summed E-state index contributed by atoms with van der Waals surface area (Å²) >= 11 is 0. The van der Waals surface area contributed by atoms with Crippen LogP contribution in [0, 0.1) is 6.92 Å². The molecular formula is C14H18N2O3S. The lowest BCUT2D eigenvalue weighted by atomic mass is 9.86. The number of allylic oxidation sites excluding steroid dienone is 2. The van der Waals surface area contributed by atoms with E-state index in [1.807, 2.05) is 37.3 Å². The van der Waals surface area contributed by atoms with Gasteiger partial charge in [-0.15, -0.1) is 0 Å². The highest BCUT2D eigenvalue weighted by atomic mass is 32.2. The Morgan fingerprint density at radius 2 is 1.85 bits per heavy atom. The highest BCUT2D eigenvalue weighted by Crippen LogP contribution is 2.34. The molecule has 5 nitrogen and oxygen atoms in total. The number of hydrogen-bond acceptors (Lipinski definition) is 4. The van der Waals surface area contributed by atoms with Gasteiger partial charge in [-0.1, -0.05) is 42.0 Å². The first-order chi connectivity index (χ1) is 9.12. The van der Waals surface area contributed by atoms with Crippen LogP contribution in [0.1, 0.15) is 24.0 Å². The molecule has 108 valence electrons. The average Bonchev–Trinajstić information content (AvgIpc) is 2.30. The van der Waals surface area contributed by atoms with Crippen LogP contribution in [0.5, 0.6) is 0 Å². The van der Waals surface area contributed by atoms with Crippen molar-refractivity contribution in [3.8, 4) is 0 Å². The minimum atomic E-state index is -4.45. The predicted molar refractivity (Wildman–Crippen MR) is 78.4 cm³/mol. The minimum Gasteiger partial charge on any atom is -0.305 e. The molecule has 1 aliphatic carbocycles. The molecule has 0 saturated carbocycles. The van der Waals surface area contributed by atoms with E-state index in [9.17, 15) is 13.0 Å². The van der Waals surface area contributed by atoms with Gasteiger partial charge in [-0.05, 0) is 25.0 Å². The first kappa shape index (κ1) is 14.9. The Balaban J connectivity index is 2.58. The second-order valence-corrected chi connectivity index (χ2v) is 6.55. The maximum Gasteiger partial charge on any atom is 0.293 e. The van der Waals surface area contributed by atoms with Crippen molar-refractivity contribution in [3.63, 3.8) is 0 Å². The van der Waals surface area contributed by atoms with Crippen molar-refractivity contribution < 1.29 is 13.0 Å². The number of aryl methyl sites for hydroxylation is 1. The van der Waals surface area contributed by atoms with Gasteiger partial charge < -0.3 is 11.5 Å². The maximum absolute atomic E-state index is 11.5. The molecule has 1 aromatic rings. The molecule has 5 N–H and O–H groups in total. The smallest absolute Gasteiger partial charge is 0.293 e. The zero-order chi connectivity index (χ0) is 15.1. The molecule has 1 aliphatic rings. The van der Waals surface area contributed by atoms with E-state index in [4.69, 9.17) is 11.5 Å². The second kappa shape index (κ2) is 4.82.